The minimum absolute atomic E-state index is 0.0147. The molecular weight excluding hydrogens is 222 g/mol. The zero-order valence-corrected chi connectivity index (χ0v) is 11.8. The van der Waals surface area contributed by atoms with E-state index in [-0.39, 0.29) is 28.9 Å². The van der Waals surface area contributed by atoms with E-state index in [4.69, 9.17) is 4.74 Å². The van der Waals surface area contributed by atoms with E-state index >= 15 is 0 Å². The van der Waals surface area contributed by atoms with E-state index in [0.29, 0.717) is 0 Å². The predicted octanol–water partition coefficient (Wildman–Crippen LogP) is 2.11. The molecule has 94 valence electrons. The molecule has 0 spiro atoms. The molecule has 0 amide bonds. The molecule has 0 aromatic heterocycles. The van der Waals surface area contributed by atoms with Gasteiger partial charge in [-0.25, -0.2) is 0 Å². The number of nitrogens with zero attached hydrogens (tertiary/aromatic N) is 1. The Morgan fingerprint density at radius 2 is 1.75 bits per heavy atom. The van der Waals surface area contributed by atoms with Gasteiger partial charge in [-0.2, -0.15) is 12.6 Å². The molecule has 0 atom stereocenters. The molecule has 1 fully saturated rings. The van der Waals surface area contributed by atoms with Gasteiger partial charge >= 0.3 is 5.97 Å². The van der Waals surface area contributed by atoms with Crippen molar-refractivity contribution in [2.45, 2.75) is 57.7 Å². The zero-order chi connectivity index (χ0) is 12.6. The van der Waals surface area contributed by atoms with E-state index < -0.39 is 0 Å². The number of hydrogen-bond donors (Lipinski definition) is 1. The Morgan fingerprint density at radius 3 is 2.12 bits per heavy atom. The lowest BCUT2D eigenvalue weighted by atomic mass is 9.79. The van der Waals surface area contributed by atoms with Gasteiger partial charge in [-0.15, -0.1) is 0 Å². The van der Waals surface area contributed by atoms with Crippen molar-refractivity contribution in [3.63, 3.8) is 0 Å². The summed E-state index contributed by atoms with van der Waals surface area (Å²) < 4.78 is 5.42. The standard InChI is InChI=1S/C12H23NO2S/c1-11(2)6-9(15-10(14)8-16)7-12(3,4)13(11)5/h9,16H,6-8H2,1-5H3. The fraction of sp³-hybridized carbons (Fsp3) is 0.917. The second-order valence-electron chi connectivity index (χ2n) is 5.86. The van der Waals surface area contributed by atoms with E-state index in [1.165, 1.54) is 0 Å². The number of thiol groups is 1. The van der Waals surface area contributed by atoms with Gasteiger partial charge in [0.2, 0.25) is 0 Å². The highest BCUT2D eigenvalue weighted by Gasteiger charge is 2.44. The maximum absolute atomic E-state index is 11.3. The topological polar surface area (TPSA) is 29.5 Å². The molecule has 16 heavy (non-hydrogen) atoms. The first-order valence-corrected chi connectivity index (χ1v) is 6.36. The van der Waals surface area contributed by atoms with Gasteiger partial charge in [0.1, 0.15) is 6.10 Å². The van der Waals surface area contributed by atoms with Crippen LogP contribution in [0.15, 0.2) is 0 Å². The largest absolute Gasteiger partial charge is 0.462 e. The molecule has 1 rings (SSSR count). The van der Waals surface area contributed by atoms with Crippen LogP contribution in [-0.4, -0.2) is 40.9 Å². The van der Waals surface area contributed by atoms with Gasteiger partial charge in [0.15, 0.2) is 0 Å². The number of hydrogen-bond acceptors (Lipinski definition) is 4. The van der Waals surface area contributed by atoms with Gasteiger partial charge in [-0.1, -0.05) is 0 Å². The molecule has 0 radical (unpaired) electrons. The first-order chi connectivity index (χ1) is 7.19. The molecule has 1 aliphatic heterocycles. The summed E-state index contributed by atoms with van der Waals surface area (Å²) in [4.78, 5) is 13.6. The van der Waals surface area contributed by atoms with E-state index in [1.807, 2.05) is 0 Å². The number of carbonyl (C=O) groups excluding carboxylic acids is 1. The summed E-state index contributed by atoms with van der Waals surface area (Å²) in [7, 11) is 2.14. The first kappa shape index (κ1) is 13.8. The summed E-state index contributed by atoms with van der Waals surface area (Å²) in [6.45, 7) is 8.76. The van der Waals surface area contributed by atoms with E-state index in [1.54, 1.807) is 0 Å². The van der Waals surface area contributed by atoms with Crippen LogP contribution in [0.2, 0.25) is 0 Å². The van der Waals surface area contributed by atoms with Crippen LogP contribution in [0.4, 0.5) is 0 Å². The fourth-order valence-corrected chi connectivity index (χ4v) is 2.66. The number of ether oxygens (including phenoxy) is 1. The van der Waals surface area contributed by atoms with Crippen molar-refractivity contribution in [1.29, 1.82) is 0 Å². The molecule has 4 heteroatoms. The van der Waals surface area contributed by atoms with Gasteiger partial charge in [0.25, 0.3) is 0 Å². The average molecular weight is 245 g/mol. The van der Waals surface area contributed by atoms with E-state index in [2.05, 4.69) is 52.3 Å². The zero-order valence-electron chi connectivity index (χ0n) is 10.9. The van der Waals surface area contributed by atoms with Crippen molar-refractivity contribution in [3.05, 3.63) is 0 Å². The lowest BCUT2D eigenvalue weighted by molar-refractivity contribution is -0.155. The third-order valence-corrected chi connectivity index (χ3v) is 3.96. The second-order valence-corrected chi connectivity index (χ2v) is 6.18. The lowest BCUT2D eigenvalue weighted by Crippen LogP contribution is -2.60. The highest BCUT2D eigenvalue weighted by molar-refractivity contribution is 7.81. The Bertz CT molecular complexity index is 258. The van der Waals surface area contributed by atoms with Crippen LogP contribution >= 0.6 is 12.6 Å². The SMILES string of the molecule is CN1C(C)(C)CC(OC(=O)CS)CC1(C)C. The molecule has 3 nitrogen and oxygen atoms in total. The lowest BCUT2D eigenvalue weighted by Gasteiger charge is -2.53. The van der Waals surface area contributed by atoms with Gasteiger partial charge in [-0.05, 0) is 34.7 Å². The Morgan fingerprint density at radius 1 is 1.31 bits per heavy atom. The first-order valence-electron chi connectivity index (χ1n) is 5.73. The minimum atomic E-state index is -0.218. The highest BCUT2D eigenvalue weighted by atomic mass is 32.1. The van der Waals surface area contributed by atoms with Crippen LogP contribution in [-0.2, 0) is 9.53 Å². The maximum atomic E-state index is 11.3. The number of carbonyl (C=O) groups is 1. The van der Waals surface area contributed by atoms with Crippen molar-refractivity contribution in [3.8, 4) is 0 Å². The summed E-state index contributed by atoms with van der Waals surface area (Å²) in [5, 5.41) is 0. The third-order valence-electron chi connectivity index (χ3n) is 3.70. The molecule has 1 aliphatic rings. The molecule has 0 aromatic carbocycles. The summed E-state index contributed by atoms with van der Waals surface area (Å²) in [5.74, 6) is -0.0582. The quantitative estimate of drug-likeness (QED) is 0.597. The van der Waals surface area contributed by atoms with Crippen LogP contribution in [0.5, 0.6) is 0 Å². The van der Waals surface area contributed by atoms with Gasteiger partial charge in [0.05, 0.1) is 5.75 Å². The van der Waals surface area contributed by atoms with Crippen molar-refractivity contribution in [2.24, 2.45) is 0 Å². The molecule has 1 saturated heterocycles. The Kier molecular flexibility index (Phi) is 3.95. The summed E-state index contributed by atoms with van der Waals surface area (Å²) in [6, 6.07) is 0. The van der Waals surface area contributed by atoms with Gasteiger partial charge < -0.3 is 4.74 Å². The van der Waals surface area contributed by atoms with Crippen molar-refractivity contribution in [2.75, 3.05) is 12.8 Å². The average Bonchev–Trinajstić information content (AvgIpc) is 2.13. The van der Waals surface area contributed by atoms with Crippen molar-refractivity contribution >= 4 is 18.6 Å². The van der Waals surface area contributed by atoms with Crippen LogP contribution in [0.1, 0.15) is 40.5 Å². The Balaban J connectivity index is 2.75. The monoisotopic (exact) mass is 245 g/mol. The van der Waals surface area contributed by atoms with Crippen LogP contribution < -0.4 is 0 Å². The van der Waals surface area contributed by atoms with E-state index in [9.17, 15) is 4.79 Å². The summed E-state index contributed by atoms with van der Waals surface area (Å²) in [5.41, 5.74) is 0.118. The summed E-state index contributed by atoms with van der Waals surface area (Å²) in [6.07, 6.45) is 1.78. The Labute approximate surface area is 104 Å². The predicted molar refractivity (Wildman–Crippen MR) is 68.9 cm³/mol. The maximum Gasteiger partial charge on any atom is 0.315 e. The van der Waals surface area contributed by atoms with Crippen molar-refractivity contribution < 1.29 is 9.53 Å². The minimum Gasteiger partial charge on any atom is -0.462 e. The molecule has 0 aliphatic carbocycles. The molecule has 0 saturated carbocycles. The highest BCUT2D eigenvalue weighted by Crippen LogP contribution is 2.38. The molecule has 0 N–H and O–H groups in total. The number of piperidine rings is 1. The smallest absolute Gasteiger partial charge is 0.315 e. The van der Waals surface area contributed by atoms with Crippen LogP contribution in [0.3, 0.4) is 0 Å². The molecule has 0 aromatic rings. The van der Waals surface area contributed by atoms with E-state index in [0.717, 1.165) is 12.8 Å². The molecule has 0 unspecified atom stereocenters. The molecule has 1 heterocycles. The molecular formula is C12H23NO2S. The van der Waals surface area contributed by atoms with Gasteiger partial charge in [-0.3, -0.25) is 9.69 Å². The molecule has 0 bridgehead atoms. The van der Waals surface area contributed by atoms with Crippen molar-refractivity contribution in [1.82, 2.24) is 4.90 Å². The van der Waals surface area contributed by atoms with Gasteiger partial charge in [0, 0.05) is 23.9 Å². The number of rotatable bonds is 2. The van der Waals surface area contributed by atoms with Crippen LogP contribution in [0, 0.1) is 0 Å². The summed E-state index contributed by atoms with van der Waals surface area (Å²) >= 11 is 3.93. The second kappa shape index (κ2) is 4.57. The number of esters is 1. The number of likely N-dealkylation sites (tertiary alicyclic amines) is 1. The fourth-order valence-electron chi connectivity index (χ4n) is 2.59. The Hall–Kier alpha value is -0.220. The van der Waals surface area contributed by atoms with Crippen LogP contribution in [0.25, 0.3) is 0 Å². The third kappa shape index (κ3) is 2.92. The normalized spacial score (nSPS) is 25.4.